The van der Waals surface area contributed by atoms with Gasteiger partial charge in [-0.25, -0.2) is 4.39 Å². The molecule has 0 bridgehead atoms. The van der Waals surface area contributed by atoms with Gasteiger partial charge in [0.1, 0.15) is 5.82 Å². The third-order valence-corrected chi connectivity index (χ3v) is 5.38. The van der Waals surface area contributed by atoms with E-state index in [4.69, 9.17) is 17.4 Å². The Balaban J connectivity index is 1.85. The van der Waals surface area contributed by atoms with Crippen molar-refractivity contribution in [1.82, 2.24) is 5.43 Å². The summed E-state index contributed by atoms with van der Waals surface area (Å²) >= 11 is 7.66. The molecule has 1 atom stereocenters. The van der Waals surface area contributed by atoms with E-state index >= 15 is 0 Å². The summed E-state index contributed by atoms with van der Waals surface area (Å²) in [6.45, 7) is 0. The third kappa shape index (κ3) is 4.63. The summed E-state index contributed by atoms with van der Waals surface area (Å²) in [6, 6.07) is 5.12. The number of halogens is 2. The summed E-state index contributed by atoms with van der Waals surface area (Å²) in [5, 5.41) is 0.944. The molecule has 19 heavy (non-hydrogen) atoms. The van der Waals surface area contributed by atoms with E-state index in [1.165, 1.54) is 31.7 Å². The number of rotatable bonds is 6. The number of benzene rings is 1. The Morgan fingerprint density at radius 2 is 2.16 bits per heavy atom. The molecule has 2 nitrogen and oxygen atoms in total. The van der Waals surface area contributed by atoms with Crippen LogP contribution in [-0.2, 0) is 6.42 Å². The zero-order valence-electron chi connectivity index (χ0n) is 10.9. The number of nitrogens with one attached hydrogen (secondary N) is 1. The van der Waals surface area contributed by atoms with Crippen molar-refractivity contribution >= 4 is 23.4 Å². The van der Waals surface area contributed by atoms with Gasteiger partial charge in [0, 0.05) is 17.0 Å². The van der Waals surface area contributed by atoms with Crippen LogP contribution in [0.1, 0.15) is 31.2 Å². The van der Waals surface area contributed by atoms with Crippen molar-refractivity contribution in [2.45, 2.75) is 43.4 Å². The topological polar surface area (TPSA) is 38.0 Å². The maximum Gasteiger partial charge on any atom is 0.142 e. The van der Waals surface area contributed by atoms with Gasteiger partial charge < -0.3 is 0 Å². The monoisotopic (exact) mass is 302 g/mol. The lowest BCUT2D eigenvalue weighted by Gasteiger charge is -2.18. The van der Waals surface area contributed by atoms with E-state index in [-0.39, 0.29) is 16.9 Å². The number of hydrogen-bond acceptors (Lipinski definition) is 3. The summed E-state index contributed by atoms with van der Waals surface area (Å²) < 4.78 is 13.4. The first-order valence-electron chi connectivity index (χ1n) is 6.70. The summed E-state index contributed by atoms with van der Waals surface area (Å²) in [6.07, 6.45) is 6.06. The highest BCUT2D eigenvalue weighted by atomic mass is 35.5. The van der Waals surface area contributed by atoms with Crippen molar-refractivity contribution in [1.29, 1.82) is 0 Å². The quantitative estimate of drug-likeness (QED) is 0.623. The maximum atomic E-state index is 13.4. The van der Waals surface area contributed by atoms with E-state index in [1.807, 2.05) is 17.8 Å². The van der Waals surface area contributed by atoms with Gasteiger partial charge in [0.25, 0.3) is 0 Å². The van der Waals surface area contributed by atoms with Crippen molar-refractivity contribution in [3.8, 4) is 0 Å². The molecule has 1 aliphatic rings. The van der Waals surface area contributed by atoms with E-state index < -0.39 is 0 Å². The average molecular weight is 303 g/mol. The molecule has 3 N–H and O–H groups in total. The molecule has 0 aromatic heterocycles. The molecule has 0 saturated heterocycles. The summed E-state index contributed by atoms with van der Waals surface area (Å²) in [5.41, 5.74) is 3.76. The minimum atomic E-state index is -0.363. The second kappa shape index (κ2) is 7.48. The molecule has 1 unspecified atom stereocenters. The molecule has 5 heteroatoms. The maximum absolute atomic E-state index is 13.4. The fourth-order valence-corrected chi connectivity index (χ4v) is 3.93. The van der Waals surface area contributed by atoms with Crippen molar-refractivity contribution in [2.24, 2.45) is 5.84 Å². The predicted octanol–water partition coefficient (Wildman–Crippen LogP) is 3.53. The normalized spacial score (nSPS) is 17.8. The third-order valence-electron chi connectivity index (χ3n) is 3.54. The van der Waals surface area contributed by atoms with E-state index in [0.29, 0.717) is 0 Å². The van der Waals surface area contributed by atoms with Gasteiger partial charge in [-0.2, -0.15) is 11.8 Å². The van der Waals surface area contributed by atoms with Crippen LogP contribution in [0.25, 0.3) is 0 Å². The Morgan fingerprint density at radius 1 is 1.42 bits per heavy atom. The lowest BCUT2D eigenvalue weighted by Crippen LogP contribution is -2.39. The largest absolute Gasteiger partial charge is 0.271 e. The fourth-order valence-electron chi connectivity index (χ4n) is 2.42. The molecule has 0 spiro atoms. The first kappa shape index (κ1) is 15.1. The van der Waals surface area contributed by atoms with Crippen LogP contribution in [0.5, 0.6) is 0 Å². The minimum Gasteiger partial charge on any atom is -0.271 e. The standard InChI is InChI=1S/C14H20ClFN2S/c15-13-6-5-10(8-14(13)16)7-11(18-17)9-19-12-3-1-2-4-12/h5-6,8,11-12,18H,1-4,7,9,17H2. The zero-order chi connectivity index (χ0) is 13.7. The number of hydrazine groups is 1. The van der Waals surface area contributed by atoms with Gasteiger partial charge in [0.15, 0.2) is 0 Å². The number of nitrogens with two attached hydrogens (primary N) is 1. The fraction of sp³-hybridized carbons (Fsp3) is 0.571. The molecule has 106 valence electrons. The van der Waals surface area contributed by atoms with Crippen LogP contribution >= 0.6 is 23.4 Å². The summed E-state index contributed by atoms with van der Waals surface area (Å²) in [7, 11) is 0. The Labute approximate surface area is 123 Å². The second-order valence-corrected chi connectivity index (χ2v) is 6.80. The minimum absolute atomic E-state index is 0.168. The Kier molecular flexibility index (Phi) is 5.95. The van der Waals surface area contributed by atoms with E-state index in [2.05, 4.69) is 5.43 Å². The van der Waals surface area contributed by atoms with Crippen LogP contribution in [-0.4, -0.2) is 17.0 Å². The highest BCUT2D eigenvalue weighted by molar-refractivity contribution is 7.99. The van der Waals surface area contributed by atoms with E-state index in [9.17, 15) is 4.39 Å². The van der Waals surface area contributed by atoms with Gasteiger partial charge in [-0.1, -0.05) is 30.5 Å². The number of thioether (sulfide) groups is 1. The summed E-state index contributed by atoms with van der Waals surface area (Å²) in [5.74, 6) is 6.19. The van der Waals surface area contributed by atoms with Crippen LogP contribution in [0.2, 0.25) is 5.02 Å². The molecule has 0 radical (unpaired) electrons. The van der Waals surface area contributed by atoms with Gasteiger partial charge in [0.05, 0.1) is 5.02 Å². The van der Waals surface area contributed by atoms with Crippen LogP contribution in [0.4, 0.5) is 4.39 Å². The smallest absolute Gasteiger partial charge is 0.142 e. The van der Waals surface area contributed by atoms with Crippen LogP contribution in [0, 0.1) is 5.82 Å². The zero-order valence-corrected chi connectivity index (χ0v) is 12.4. The highest BCUT2D eigenvalue weighted by Gasteiger charge is 2.17. The Bertz CT molecular complexity index is 410. The summed E-state index contributed by atoms with van der Waals surface area (Å²) in [4.78, 5) is 0. The molecule has 2 rings (SSSR count). The van der Waals surface area contributed by atoms with Gasteiger partial charge >= 0.3 is 0 Å². The molecule has 1 aromatic rings. The molecular formula is C14H20ClFN2S. The Morgan fingerprint density at radius 3 is 2.79 bits per heavy atom. The van der Waals surface area contributed by atoms with Gasteiger partial charge in [-0.05, 0) is 37.0 Å². The molecule has 1 aromatic carbocycles. The first-order chi connectivity index (χ1) is 9.19. The van der Waals surface area contributed by atoms with Crippen molar-refractivity contribution in [3.63, 3.8) is 0 Å². The second-order valence-electron chi connectivity index (χ2n) is 5.06. The number of hydrogen-bond donors (Lipinski definition) is 2. The van der Waals surface area contributed by atoms with Crippen LogP contribution in [0.3, 0.4) is 0 Å². The average Bonchev–Trinajstić information content (AvgIpc) is 2.92. The van der Waals surface area contributed by atoms with Crippen molar-refractivity contribution in [3.05, 3.63) is 34.6 Å². The van der Waals surface area contributed by atoms with Crippen LogP contribution < -0.4 is 11.3 Å². The van der Waals surface area contributed by atoms with Gasteiger partial charge in [0.2, 0.25) is 0 Å². The van der Waals surface area contributed by atoms with Crippen molar-refractivity contribution < 1.29 is 4.39 Å². The molecule has 0 heterocycles. The lowest BCUT2D eigenvalue weighted by molar-refractivity contribution is 0.570. The molecule has 0 aliphatic heterocycles. The molecule has 1 saturated carbocycles. The van der Waals surface area contributed by atoms with E-state index in [0.717, 1.165) is 23.0 Å². The highest BCUT2D eigenvalue weighted by Crippen LogP contribution is 2.30. The first-order valence-corrected chi connectivity index (χ1v) is 8.13. The van der Waals surface area contributed by atoms with Gasteiger partial charge in [-0.3, -0.25) is 11.3 Å². The predicted molar refractivity (Wildman–Crippen MR) is 80.9 cm³/mol. The van der Waals surface area contributed by atoms with Gasteiger partial charge in [-0.15, -0.1) is 0 Å². The molecular weight excluding hydrogens is 283 g/mol. The van der Waals surface area contributed by atoms with E-state index in [1.54, 1.807) is 6.07 Å². The molecule has 0 amide bonds. The molecule has 1 aliphatic carbocycles. The Hall–Kier alpha value is -0.290. The SMILES string of the molecule is NNC(CSC1CCCC1)Cc1ccc(Cl)c(F)c1. The molecule has 1 fully saturated rings. The van der Waals surface area contributed by atoms with Crippen molar-refractivity contribution in [2.75, 3.05) is 5.75 Å². The lowest BCUT2D eigenvalue weighted by atomic mass is 10.1. The van der Waals surface area contributed by atoms with Crippen LogP contribution in [0.15, 0.2) is 18.2 Å².